The molecule has 0 saturated heterocycles. The van der Waals surface area contributed by atoms with Gasteiger partial charge in [0.2, 0.25) is 0 Å². The summed E-state index contributed by atoms with van der Waals surface area (Å²) in [6.07, 6.45) is 0. The number of amides is 1. The molecule has 15 heavy (non-hydrogen) atoms. The highest BCUT2D eigenvalue weighted by molar-refractivity contribution is 14.1. The van der Waals surface area contributed by atoms with E-state index in [4.69, 9.17) is 17.3 Å². The smallest absolute Gasteiger partial charge is 0.251 e. The second-order valence-corrected chi connectivity index (χ2v) is 4.81. The minimum atomic E-state index is -0.147. The predicted octanol–water partition coefficient (Wildman–Crippen LogP) is 2.02. The molecule has 0 aromatic heterocycles. The second-order valence-electron chi connectivity index (χ2n) is 3.24. The lowest BCUT2D eigenvalue weighted by Gasteiger charge is -2.11. The van der Waals surface area contributed by atoms with Crippen LogP contribution in [0.3, 0.4) is 0 Å². The maximum absolute atomic E-state index is 11.6. The lowest BCUT2D eigenvalue weighted by molar-refractivity contribution is 0.0941. The molecule has 3 nitrogen and oxygen atoms in total. The van der Waals surface area contributed by atoms with Crippen molar-refractivity contribution >= 4 is 40.1 Å². The van der Waals surface area contributed by atoms with Crippen LogP contribution in [0.5, 0.6) is 0 Å². The van der Waals surface area contributed by atoms with Crippen LogP contribution in [-0.2, 0) is 0 Å². The van der Waals surface area contributed by atoms with Gasteiger partial charge in [0.25, 0.3) is 5.91 Å². The fraction of sp³-hybridized carbons (Fsp3) is 0.300. The third-order valence-corrected chi connectivity index (χ3v) is 3.49. The molecule has 0 aliphatic rings. The highest BCUT2D eigenvalue weighted by Gasteiger charge is 2.09. The molecule has 0 aliphatic carbocycles. The lowest BCUT2D eigenvalue weighted by Crippen LogP contribution is -2.37. The fourth-order valence-electron chi connectivity index (χ4n) is 1.00. The van der Waals surface area contributed by atoms with Crippen LogP contribution in [-0.4, -0.2) is 18.5 Å². The van der Waals surface area contributed by atoms with Gasteiger partial charge in [-0.25, -0.2) is 0 Å². The summed E-state index contributed by atoms with van der Waals surface area (Å²) < 4.78 is 0.928. The summed E-state index contributed by atoms with van der Waals surface area (Å²) in [5.74, 6) is -0.147. The van der Waals surface area contributed by atoms with E-state index in [0.29, 0.717) is 17.1 Å². The molecule has 0 heterocycles. The van der Waals surface area contributed by atoms with Crippen molar-refractivity contribution in [2.75, 3.05) is 6.54 Å². The van der Waals surface area contributed by atoms with E-state index < -0.39 is 0 Å². The molecule has 0 fully saturated rings. The monoisotopic (exact) mass is 338 g/mol. The quantitative estimate of drug-likeness (QED) is 0.829. The standard InChI is InChI=1S/C10H12ClIN2O/c1-6(5-13)14-10(15)7-2-3-9(12)8(11)4-7/h2-4,6H,5,13H2,1H3,(H,14,15). The van der Waals surface area contributed by atoms with E-state index in [-0.39, 0.29) is 11.9 Å². The van der Waals surface area contributed by atoms with Gasteiger partial charge < -0.3 is 11.1 Å². The second kappa shape index (κ2) is 5.67. The number of carbonyl (C=O) groups is 1. The molecule has 1 aromatic rings. The van der Waals surface area contributed by atoms with Crippen molar-refractivity contribution in [3.63, 3.8) is 0 Å². The van der Waals surface area contributed by atoms with Gasteiger partial charge >= 0.3 is 0 Å². The van der Waals surface area contributed by atoms with Crippen LogP contribution in [0.25, 0.3) is 0 Å². The lowest BCUT2D eigenvalue weighted by atomic mass is 10.2. The maximum Gasteiger partial charge on any atom is 0.251 e. The van der Waals surface area contributed by atoms with Crippen LogP contribution in [0.1, 0.15) is 17.3 Å². The van der Waals surface area contributed by atoms with Gasteiger partial charge in [0.05, 0.1) is 5.02 Å². The van der Waals surface area contributed by atoms with Crippen LogP contribution >= 0.6 is 34.2 Å². The number of halogens is 2. The molecule has 0 aliphatic heterocycles. The molecule has 3 N–H and O–H groups in total. The van der Waals surface area contributed by atoms with Gasteiger partial charge in [-0.2, -0.15) is 0 Å². The Hall–Kier alpha value is -0.330. The Morgan fingerprint density at radius 2 is 2.33 bits per heavy atom. The van der Waals surface area contributed by atoms with Crippen LogP contribution in [0.15, 0.2) is 18.2 Å². The zero-order valence-corrected chi connectivity index (χ0v) is 11.2. The Labute approximate surface area is 108 Å². The zero-order chi connectivity index (χ0) is 11.4. The molecule has 1 rings (SSSR count). The van der Waals surface area contributed by atoms with Crippen LogP contribution in [0.4, 0.5) is 0 Å². The Balaban J connectivity index is 2.78. The number of rotatable bonds is 3. The Kier molecular flexibility index (Phi) is 4.82. The molecule has 0 radical (unpaired) electrons. The van der Waals surface area contributed by atoms with Crippen molar-refractivity contribution in [3.8, 4) is 0 Å². The first kappa shape index (κ1) is 12.7. The molecule has 1 atom stereocenters. The van der Waals surface area contributed by atoms with E-state index in [9.17, 15) is 4.79 Å². The minimum absolute atomic E-state index is 0.0319. The molecule has 5 heteroatoms. The molecular formula is C10H12ClIN2O. The van der Waals surface area contributed by atoms with E-state index in [1.165, 1.54) is 0 Å². The number of benzene rings is 1. The minimum Gasteiger partial charge on any atom is -0.348 e. The normalized spacial score (nSPS) is 12.3. The van der Waals surface area contributed by atoms with E-state index >= 15 is 0 Å². The molecule has 82 valence electrons. The topological polar surface area (TPSA) is 55.1 Å². The number of carbonyl (C=O) groups excluding carboxylic acids is 1. The average molecular weight is 339 g/mol. The summed E-state index contributed by atoms with van der Waals surface area (Å²) in [6, 6.07) is 5.18. The Morgan fingerprint density at radius 1 is 1.67 bits per heavy atom. The first-order chi connectivity index (χ1) is 7.04. The van der Waals surface area contributed by atoms with Crippen molar-refractivity contribution in [2.45, 2.75) is 13.0 Å². The van der Waals surface area contributed by atoms with E-state index in [0.717, 1.165) is 3.57 Å². The summed E-state index contributed by atoms with van der Waals surface area (Å²) in [7, 11) is 0. The van der Waals surface area contributed by atoms with Crippen LogP contribution < -0.4 is 11.1 Å². The molecular weight excluding hydrogens is 326 g/mol. The zero-order valence-electron chi connectivity index (χ0n) is 8.26. The largest absolute Gasteiger partial charge is 0.348 e. The van der Waals surface area contributed by atoms with Gasteiger partial charge in [-0.3, -0.25) is 4.79 Å². The Bertz CT molecular complexity index is 370. The SMILES string of the molecule is CC(CN)NC(=O)c1ccc(I)c(Cl)c1. The average Bonchev–Trinajstić information content (AvgIpc) is 2.21. The third kappa shape index (κ3) is 3.62. The summed E-state index contributed by atoms with van der Waals surface area (Å²) in [4.78, 5) is 11.6. The fourth-order valence-corrected chi connectivity index (χ4v) is 1.52. The molecule has 0 bridgehead atoms. The van der Waals surface area contributed by atoms with Gasteiger partial charge in [0.15, 0.2) is 0 Å². The van der Waals surface area contributed by atoms with Crippen molar-refractivity contribution in [3.05, 3.63) is 32.4 Å². The van der Waals surface area contributed by atoms with Gasteiger partial charge in [0, 0.05) is 21.7 Å². The first-order valence-electron chi connectivity index (χ1n) is 4.50. The van der Waals surface area contributed by atoms with E-state index in [1.54, 1.807) is 12.1 Å². The first-order valence-corrected chi connectivity index (χ1v) is 5.96. The van der Waals surface area contributed by atoms with Gasteiger partial charge in [-0.1, -0.05) is 11.6 Å². The van der Waals surface area contributed by atoms with Crippen LogP contribution in [0.2, 0.25) is 5.02 Å². The number of nitrogens with one attached hydrogen (secondary N) is 1. The van der Waals surface area contributed by atoms with E-state index in [1.807, 2.05) is 13.0 Å². The summed E-state index contributed by atoms with van der Waals surface area (Å²) in [6.45, 7) is 2.27. The summed E-state index contributed by atoms with van der Waals surface area (Å²) in [5, 5.41) is 3.35. The van der Waals surface area contributed by atoms with Gasteiger partial charge in [-0.15, -0.1) is 0 Å². The van der Waals surface area contributed by atoms with Gasteiger partial charge in [-0.05, 0) is 47.7 Å². The highest BCUT2D eigenvalue weighted by Crippen LogP contribution is 2.19. The number of nitrogens with two attached hydrogens (primary N) is 1. The Morgan fingerprint density at radius 3 is 2.87 bits per heavy atom. The van der Waals surface area contributed by atoms with Crippen molar-refractivity contribution in [1.82, 2.24) is 5.32 Å². The van der Waals surface area contributed by atoms with Crippen molar-refractivity contribution in [1.29, 1.82) is 0 Å². The molecule has 0 spiro atoms. The molecule has 0 saturated carbocycles. The van der Waals surface area contributed by atoms with Crippen molar-refractivity contribution < 1.29 is 4.79 Å². The third-order valence-electron chi connectivity index (χ3n) is 1.91. The predicted molar refractivity (Wildman–Crippen MR) is 70.2 cm³/mol. The van der Waals surface area contributed by atoms with Gasteiger partial charge in [0.1, 0.15) is 0 Å². The number of hydrogen-bond acceptors (Lipinski definition) is 2. The highest BCUT2D eigenvalue weighted by atomic mass is 127. The summed E-state index contributed by atoms with van der Waals surface area (Å²) in [5.41, 5.74) is 5.97. The molecule has 1 aromatic carbocycles. The van der Waals surface area contributed by atoms with Crippen LogP contribution in [0, 0.1) is 3.57 Å². The van der Waals surface area contributed by atoms with E-state index in [2.05, 4.69) is 27.9 Å². The van der Waals surface area contributed by atoms with Crippen molar-refractivity contribution in [2.24, 2.45) is 5.73 Å². The maximum atomic E-state index is 11.6. The molecule has 1 unspecified atom stereocenters. The molecule has 1 amide bonds. The summed E-state index contributed by atoms with van der Waals surface area (Å²) >= 11 is 8.03. The number of hydrogen-bond donors (Lipinski definition) is 2.